The van der Waals surface area contributed by atoms with Gasteiger partial charge in [0, 0.05) is 45.5 Å². The molecule has 22 heavy (non-hydrogen) atoms. The Morgan fingerprint density at radius 2 is 2.09 bits per heavy atom. The summed E-state index contributed by atoms with van der Waals surface area (Å²) in [5, 5.41) is 3.00. The molecule has 6 heteroatoms. The van der Waals surface area contributed by atoms with Gasteiger partial charge in [-0.15, -0.1) is 0 Å². The number of nitrogens with zero attached hydrogens (tertiary/aromatic N) is 3. The number of nitrogens with one attached hydrogen (secondary N) is 1. The van der Waals surface area contributed by atoms with Crippen LogP contribution in [0.5, 0.6) is 0 Å². The molecule has 1 N–H and O–H groups in total. The van der Waals surface area contributed by atoms with Crippen molar-refractivity contribution in [3.05, 3.63) is 24.0 Å². The first-order valence-corrected chi connectivity index (χ1v) is 8.01. The van der Waals surface area contributed by atoms with E-state index in [4.69, 9.17) is 0 Å². The van der Waals surface area contributed by atoms with Crippen LogP contribution in [0.2, 0.25) is 0 Å². The zero-order valence-corrected chi connectivity index (χ0v) is 13.3. The van der Waals surface area contributed by atoms with Gasteiger partial charge in [-0.1, -0.05) is 0 Å². The van der Waals surface area contributed by atoms with E-state index in [2.05, 4.69) is 5.32 Å². The Hall–Kier alpha value is -1.98. The molecule has 0 aromatic carbocycles. The molecule has 3 amide bonds. The van der Waals surface area contributed by atoms with Gasteiger partial charge in [0.1, 0.15) is 5.69 Å². The zero-order chi connectivity index (χ0) is 15.7. The Kier molecular flexibility index (Phi) is 4.09. The molecule has 2 heterocycles. The van der Waals surface area contributed by atoms with Crippen LogP contribution in [0.4, 0.5) is 4.79 Å². The lowest BCUT2D eigenvalue weighted by atomic mass is 10.2. The number of carbonyl (C=O) groups excluding carboxylic acids is 2. The van der Waals surface area contributed by atoms with Crippen LogP contribution in [-0.2, 0) is 7.05 Å². The van der Waals surface area contributed by atoms with Crippen LogP contribution in [0, 0.1) is 5.92 Å². The second-order valence-corrected chi connectivity index (χ2v) is 6.43. The predicted molar refractivity (Wildman–Crippen MR) is 83.6 cm³/mol. The van der Waals surface area contributed by atoms with Gasteiger partial charge in [-0.3, -0.25) is 4.79 Å². The molecular weight excluding hydrogens is 280 g/mol. The number of piperazine rings is 1. The molecule has 1 aromatic rings. The number of aromatic nitrogens is 1. The van der Waals surface area contributed by atoms with Gasteiger partial charge in [-0.25, -0.2) is 4.79 Å². The van der Waals surface area contributed by atoms with Crippen LogP contribution in [0.3, 0.4) is 0 Å². The number of rotatable bonds is 3. The van der Waals surface area contributed by atoms with Crippen LogP contribution in [-0.4, -0.2) is 58.5 Å². The number of urea groups is 1. The summed E-state index contributed by atoms with van der Waals surface area (Å²) in [5.74, 6) is 0.719. The van der Waals surface area contributed by atoms with E-state index in [1.165, 1.54) is 12.8 Å². The molecule has 1 saturated heterocycles. The third-order valence-corrected chi connectivity index (χ3v) is 4.58. The van der Waals surface area contributed by atoms with Crippen molar-refractivity contribution in [2.24, 2.45) is 13.0 Å². The Labute approximate surface area is 131 Å². The van der Waals surface area contributed by atoms with E-state index >= 15 is 0 Å². The highest BCUT2D eigenvalue weighted by molar-refractivity contribution is 5.93. The Morgan fingerprint density at radius 3 is 2.68 bits per heavy atom. The van der Waals surface area contributed by atoms with Crippen LogP contribution in [0.1, 0.15) is 30.3 Å². The summed E-state index contributed by atoms with van der Waals surface area (Å²) in [6.45, 7) is 4.55. The SMILES string of the molecule is C[C@@H]1CN(C(=O)c2cccn2C)CCN1C(=O)NCC1CC1. The second kappa shape index (κ2) is 6.02. The maximum Gasteiger partial charge on any atom is 0.317 e. The molecule has 1 atom stereocenters. The fourth-order valence-corrected chi connectivity index (χ4v) is 2.94. The Bertz CT molecular complexity index is 564. The number of hydrogen-bond acceptors (Lipinski definition) is 2. The number of hydrogen-bond donors (Lipinski definition) is 1. The maximum atomic E-state index is 12.5. The topological polar surface area (TPSA) is 57.6 Å². The average Bonchev–Trinajstić information content (AvgIpc) is 3.24. The third kappa shape index (κ3) is 3.10. The van der Waals surface area contributed by atoms with Crippen molar-refractivity contribution in [2.45, 2.75) is 25.8 Å². The summed E-state index contributed by atoms with van der Waals surface area (Å²) in [4.78, 5) is 28.4. The van der Waals surface area contributed by atoms with Gasteiger partial charge in [0.2, 0.25) is 0 Å². The number of carbonyl (C=O) groups is 2. The average molecular weight is 304 g/mol. The van der Waals surface area contributed by atoms with Crippen molar-refractivity contribution in [2.75, 3.05) is 26.2 Å². The molecule has 2 aliphatic rings. The monoisotopic (exact) mass is 304 g/mol. The highest BCUT2D eigenvalue weighted by Gasteiger charge is 2.31. The summed E-state index contributed by atoms with van der Waals surface area (Å²) in [6.07, 6.45) is 4.34. The fraction of sp³-hybridized carbons (Fsp3) is 0.625. The summed E-state index contributed by atoms with van der Waals surface area (Å²) >= 11 is 0. The molecule has 1 aliphatic heterocycles. The standard InChI is InChI=1S/C16H24N4O2/c1-12-11-19(15(21)14-4-3-7-18(14)2)8-9-20(12)16(22)17-10-13-5-6-13/h3-4,7,12-13H,5-6,8-11H2,1-2H3,(H,17,22)/t12-/m1/s1. The Balaban J connectivity index is 1.56. The van der Waals surface area contributed by atoms with Crippen LogP contribution in [0.25, 0.3) is 0 Å². The van der Waals surface area contributed by atoms with Crippen LogP contribution < -0.4 is 5.32 Å². The molecule has 2 fully saturated rings. The van der Waals surface area contributed by atoms with Crippen molar-refractivity contribution in [1.82, 2.24) is 19.7 Å². The lowest BCUT2D eigenvalue weighted by Crippen LogP contribution is -2.57. The van der Waals surface area contributed by atoms with E-state index < -0.39 is 0 Å². The molecule has 120 valence electrons. The fourth-order valence-electron chi connectivity index (χ4n) is 2.94. The molecular formula is C16H24N4O2. The van der Waals surface area contributed by atoms with Crippen molar-refractivity contribution in [1.29, 1.82) is 0 Å². The zero-order valence-electron chi connectivity index (χ0n) is 13.3. The van der Waals surface area contributed by atoms with E-state index in [1.807, 2.05) is 46.7 Å². The molecule has 3 rings (SSSR count). The summed E-state index contributed by atoms with van der Waals surface area (Å²) in [6, 6.07) is 3.75. The van der Waals surface area contributed by atoms with E-state index in [0.717, 1.165) is 6.54 Å². The summed E-state index contributed by atoms with van der Waals surface area (Å²) in [5.41, 5.74) is 0.693. The minimum atomic E-state index is 0.00497. The molecule has 0 spiro atoms. The molecule has 1 aromatic heterocycles. The second-order valence-electron chi connectivity index (χ2n) is 6.43. The van der Waals surface area contributed by atoms with Crippen LogP contribution in [0.15, 0.2) is 18.3 Å². The lowest BCUT2D eigenvalue weighted by molar-refractivity contribution is 0.0570. The van der Waals surface area contributed by atoms with Gasteiger partial charge in [-0.05, 0) is 37.8 Å². The van der Waals surface area contributed by atoms with Gasteiger partial charge in [0.05, 0.1) is 0 Å². The van der Waals surface area contributed by atoms with E-state index in [0.29, 0.717) is 31.2 Å². The van der Waals surface area contributed by atoms with Crippen molar-refractivity contribution >= 4 is 11.9 Å². The van der Waals surface area contributed by atoms with Gasteiger partial charge in [-0.2, -0.15) is 0 Å². The van der Waals surface area contributed by atoms with Gasteiger partial charge in [0.15, 0.2) is 0 Å². The molecule has 0 unspecified atom stereocenters. The molecule has 0 radical (unpaired) electrons. The first-order valence-electron chi connectivity index (χ1n) is 8.01. The Morgan fingerprint density at radius 1 is 1.32 bits per heavy atom. The minimum absolute atomic E-state index is 0.00497. The number of amides is 3. The first-order chi connectivity index (χ1) is 10.6. The number of aryl methyl sites for hydroxylation is 1. The van der Waals surface area contributed by atoms with Crippen molar-refractivity contribution < 1.29 is 9.59 Å². The first kappa shape index (κ1) is 14.9. The van der Waals surface area contributed by atoms with Crippen molar-refractivity contribution in [3.8, 4) is 0 Å². The largest absolute Gasteiger partial charge is 0.347 e. The molecule has 6 nitrogen and oxygen atoms in total. The maximum absolute atomic E-state index is 12.5. The van der Waals surface area contributed by atoms with Crippen LogP contribution >= 0.6 is 0 Å². The smallest absolute Gasteiger partial charge is 0.317 e. The molecule has 1 aliphatic carbocycles. The predicted octanol–water partition coefficient (Wildman–Crippen LogP) is 1.29. The van der Waals surface area contributed by atoms with Gasteiger partial charge < -0.3 is 19.7 Å². The summed E-state index contributed by atoms with van der Waals surface area (Å²) < 4.78 is 1.84. The molecule has 1 saturated carbocycles. The minimum Gasteiger partial charge on any atom is -0.347 e. The normalized spacial score (nSPS) is 21.8. The highest BCUT2D eigenvalue weighted by atomic mass is 16.2. The quantitative estimate of drug-likeness (QED) is 0.915. The third-order valence-electron chi connectivity index (χ3n) is 4.58. The summed E-state index contributed by atoms with van der Waals surface area (Å²) in [7, 11) is 1.87. The lowest BCUT2D eigenvalue weighted by Gasteiger charge is -2.39. The van der Waals surface area contributed by atoms with Crippen molar-refractivity contribution in [3.63, 3.8) is 0 Å². The molecule has 0 bridgehead atoms. The highest BCUT2D eigenvalue weighted by Crippen LogP contribution is 2.27. The van der Waals surface area contributed by atoms with Gasteiger partial charge >= 0.3 is 6.03 Å². The van der Waals surface area contributed by atoms with E-state index in [1.54, 1.807) is 0 Å². The van der Waals surface area contributed by atoms with E-state index in [9.17, 15) is 9.59 Å². The van der Waals surface area contributed by atoms with Gasteiger partial charge in [0.25, 0.3) is 5.91 Å². The van der Waals surface area contributed by atoms with E-state index in [-0.39, 0.29) is 18.0 Å².